The topological polar surface area (TPSA) is 101 Å². The number of anilines is 1. The van der Waals surface area contributed by atoms with Crippen molar-refractivity contribution in [2.45, 2.75) is 18.4 Å². The van der Waals surface area contributed by atoms with Gasteiger partial charge < -0.3 is 5.73 Å². The minimum absolute atomic E-state index is 0.0326. The first-order valence-electron chi connectivity index (χ1n) is 5.57. The Hall–Kier alpha value is -1.09. The van der Waals surface area contributed by atoms with Gasteiger partial charge in [0.1, 0.15) is 4.90 Å². The summed E-state index contributed by atoms with van der Waals surface area (Å²) in [7, 11) is -3.76. The SMILES string of the molecule is Cc1[nH]nc(CN)c1S(=O)(=O)Nc1ccc(Cl)c(Br)c1. The van der Waals surface area contributed by atoms with Crippen LogP contribution in [0.15, 0.2) is 27.6 Å². The third kappa shape index (κ3) is 2.98. The minimum Gasteiger partial charge on any atom is -0.325 e. The van der Waals surface area contributed by atoms with E-state index < -0.39 is 10.0 Å². The predicted molar refractivity (Wildman–Crippen MR) is 81.2 cm³/mol. The molecule has 4 N–H and O–H groups in total. The van der Waals surface area contributed by atoms with E-state index in [-0.39, 0.29) is 11.4 Å². The molecule has 0 radical (unpaired) electrons. The number of halogens is 2. The summed E-state index contributed by atoms with van der Waals surface area (Å²) in [5.41, 5.74) is 6.62. The number of nitrogens with one attached hydrogen (secondary N) is 2. The lowest BCUT2D eigenvalue weighted by Crippen LogP contribution is -2.16. The van der Waals surface area contributed by atoms with E-state index in [0.29, 0.717) is 26.6 Å². The first-order chi connectivity index (χ1) is 9.35. The molecule has 0 saturated carbocycles. The second-order valence-corrected chi connectivity index (χ2v) is 6.94. The second-order valence-electron chi connectivity index (χ2n) is 4.06. The van der Waals surface area contributed by atoms with Crippen LogP contribution in [0.3, 0.4) is 0 Å². The highest BCUT2D eigenvalue weighted by Crippen LogP contribution is 2.27. The van der Waals surface area contributed by atoms with E-state index in [1.165, 1.54) is 0 Å². The number of nitrogens with two attached hydrogens (primary N) is 1. The van der Waals surface area contributed by atoms with Gasteiger partial charge in [-0.15, -0.1) is 0 Å². The molecule has 0 unspecified atom stereocenters. The van der Waals surface area contributed by atoms with Crippen LogP contribution in [0.5, 0.6) is 0 Å². The van der Waals surface area contributed by atoms with Gasteiger partial charge in [-0.1, -0.05) is 11.6 Å². The van der Waals surface area contributed by atoms with Crippen molar-refractivity contribution >= 4 is 43.2 Å². The van der Waals surface area contributed by atoms with Crippen LogP contribution in [0.25, 0.3) is 0 Å². The van der Waals surface area contributed by atoms with Crippen molar-refractivity contribution in [3.8, 4) is 0 Å². The van der Waals surface area contributed by atoms with E-state index in [0.717, 1.165) is 0 Å². The Morgan fingerprint density at radius 2 is 2.20 bits per heavy atom. The largest absolute Gasteiger partial charge is 0.325 e. The van der Waals surface area contributed by atoms with Gasteiger partial charge in [-0.25, -0.2) is 8.42 Å². The zero-order chi connectivity index (χ0) is 14.9. The average molecular weight is 380 g/mol. The number of nitrogens with zero attached hydrogens (tertiary/aromatic N) is 1. The number of rotatable bonds is 4. The van der Waals surface area contributed by atoms with Gasteiger partial charge in [0.05, 0.1) is 22.1 Å². The fourth-order valence-electron chi connectivity index (χ4n) is 1.73. The van der Waals surface area contributed by atoms with E-state index in [2.05, 4.69) is 30.8 Å². The van der Waals surface area contributed by atoms with Crippen molar-refractivity contribution in [3.05, 3.63) is 39.1 Å². The van der Waals surface area contributed by atoms with E-state index in [1.54, 1.807) is 25.1 Å². The first kappa shape index (κ1) is 15.3. The van der Waals surface area contributed by atoms with Gasteiger partial charge >= 0.3 is 0 Å². The monoisotopic (exact) mass is 378 g/mol. The van der Waals surface area contributed by atoms with Crippen LogP contribution in [-0.4, -0.2) is 18.6 Å². The molecule has 1 heterocycles. The fraction of sp³-hybridized carbons (Fsp3) is 0.182. The van der Waals surface area contributed by atoms with Crippen molar-refractivity contribution in [2.24, 2.45) is 5.73 Å². The molecule has 0 aliphatic heterocycles. The molecule has 0 amide bonds. The molecule has 0 saturated heterocycles. The van der Waals surface area contributed by atoms with Gasteiger partial charge in [-0.05, 0) is 41.1 Å². The summed E-state index contributed by atoms with van der Waals surface area (Å²) in [6.45, 7) is 1.66. The van der Waals surface area contributed by atoms with E-state index in [1.807, 2.05) is 0 Å². The summed E-state index contributed by atoms with van der Waals surface area (Å²) in [5.74, 6) is 0. The third-order valence-electron chi connectivity index (χ3n) is 2.60. The number of hydrogen-bond acceptors (Lipinski definition) is 4. The molecule has 2 aromatic rings. The molecule has 1 aromatic carbocycles. The lowest BCUT2D eigenvalue weighted by Gasteiger charge is -2.09. The molecule has 9 heteroatoms. The first-order valence-corrected chi connectivity index (χ1v) is 8.22. The van der Waals surface area contributed by atoms with Crippen LogP contribution in [-0.2, 0) is 16.6 Å². The second kappa shape index (κ2) is 5.72. The Kier molecular flexibility index (Phi) is 4.38. The number of sulfonamides is 1. The maximum absolute atomic E-state index is 12.4. The van der Waals surface area contributed by atoms with Gasteiger partial charge in [-0.3, -0.25) is 9.82 Å². The number of benzene rings is 1. The fourth-order valence-corrected chi connectivity index (χ4v) is 3.65. The highest BCUT2D eigenvalue weighted by atomic mass is 79.9. The smallest absolute Gasteiger partial charge is 0.265 e. The Labute approximate surface area is 129 Å². The van der Waals surface area contributed by atoms with Crippen LogP contribution < -0.4 is 10.5 Å². The molecule has 6 nitrogen and oxygen atoms in total. The van der Waals surface area contributed by atoms with Crippen LogP contribution in [0.2, 0.25) is 5.02 Å². The third-order valence-corrected chi connectivity index (χ3v) is 5.39. The molecule has 0 spiro atoms. The summed E-state index contributed by atoms with van der Waals surface area (Å²) in [5, 5.41) is 6.99. The van der Waals surface area contributed by atoms with Crippen molar-refractivity contribution in [1.29, 1.82) is 0 Å². The Balaban J connectivity index is 2.40. The summed E-state index contributed by atoms with van der Waals surface area (Å²) in [4.78, 5) is 0.0751. The number of hydrogen-bond donors (Lipinski definition) is 3. The van der Waals surface area contributed by atoms with E-state index in [4.69, 9.17) is 17.3 Å². The summed E-state index contributed by atoms with van der Waals surface area (Å²) >= 11 is 9.11. The van der Waals surface area contributed by atoms with Gasteiger partial charge in [-0.2, -0.15) is 5.10 Å². The molecule has 1 aromatic heterocycles. The Morgan fingerprint density at radius 1 is 1.50 bits per heavy atom. The number of aromatic nitrogens is 2. The minimum atomic E-state index is -3.76. The molecular formula is C11H12BrClN4O2S. The molecule has 0 atom stereocenters. The molecular weight excluding hydrogens is 368 g/mol. The van der Waals surface area contributed by atoms with Gasteiger partial charge in [0.15, 0.2) is 0 Å². The molecule has 2 rings (SSSR count). The highest BCUT2D eigenvalue weighted by Gasteiger charge is 2.23. The van der Waals surface area contributed by atoms with Crippen molar-refractivity contribution in [2.75, 3.05) is 4.72 Å². The van der Waals surface area contributed by atoms with Crippen LogP contribution in [0.1, 0.15) is 11.4 Å². The molecule has 0 fully saturated rings. The molecule has 0 aliphatic rings. The van der Waals surface area contributed by atoms with Crippen LogP contribution in [0.4, 0.5) is 5.69 Å². The molecule has 0 bridgehead atoms. The van der Waals surface area contributed by atoms with Gasteiger partial charge in [0.25, 0.3) is 10.0 Å². The van der Waals surface area contributed by atoms with Gasteiger partial charge in [0, 0.05) is 11.0 Å². The lowest BCUT2D eigenvalue weighted by atomic mass is 10.3. The Bertz CT molecular complexity index is 745. The zero-order valence-electron chi connectivity index (χ0n) is 10.4. The number of aryl methyl sites for hydroxylation is 1. The van der Waals surface area contributed by atoms with Gasteiger partial charge in [0.2, 0.25) is 0 Å². The van der Waals surface area contributed by atoms with Crippen molar-refractivity contribution in [3.63, 3.8) is 0 Å². The number of aromatic amines is 1. The normalized spacial score (nSPS) is 11.6. The lowest BCUT2D eigenvalue weighted by molar-refractivity contribution is 0.599. The Morgan fingerprint density at radius 3 is 2.80 bits per heavy atom. The number of H-pyrrole nitrogens is 1. The standard InChI is InChI=1S/C11H12BrClN4O2S/c1-6-11(10(5-14)16-15-6)20(18,19)17-7-2-3-9(13)8(12)4-7/h2-4,17H,5,14H2,1H3,(H,15,16). The zero-order valence-corrected chi connectivity index (χ0v) is 13.6. The summed E-state index contributed by atoms with van der Waals surface area (Å²) < 4.78 is 27.8. The van der Waals surface area contributed by atoms with Crippen LogP contribution in [0, 0.1) is 6.92 Å². The molecule has 0 aliphatic carbocycles. The maximum atomic E-state index is 12.4. The van der Waals surface area contributed by atoms with E-state index in [9.17, 15) is 8.42 Å². The maximum Gasteiger partial charge on any atom is 0.265 e. The van der Waals surface area contributed by atoms with Crippen LogP contribution >= 0.6 is 27.5 Å². The van der Waals surface area contributed by atoms with Crippen molar-refractivity contribution < 1.29 is 8.42 Å². The molecule has 108 valence electrons. The summed E-state index contributed by atoms with van der Waals surface area (Å²) in [6.07, 6.45) is 0. The predicted octanol–water partition coefficient (Wildman–Crippen LogP) is 2.39. The quantitative estimate of drug-likeness (QED) is 0.759. The van der Waals surface area contributed by atoms with Crippen molar-refractivity contribution in [1.82, 2.24) is 10.2 Å². The highest BCUT2D eigenvalue weighted by molar-refractivity contribution is 9.10. The average Bonchev–Trinajstić information content (AvgIpc) is 2.75. The van der Waals surface area contributed by atoms with E-state index >= 15 is 0 Å². The summed E-state index contributed by atoms with van der Waals surface area (Å²) in [6, 6.07) is 4.75. The molecule has 20 heavy (non-hydrogen) atoms.